The molecule has 0 radical (unpaired) electrons. The van der Waals surface area contributed by atoms with Crippen LogP contribution in [-0.2, 0) is 0 Å². The molecule has 0 spiro atoms. The van der Waals surface area contributed by atoms with Crippen LogP contribution >= 0.6 is 11.6 Å². The monoisotopic (exact) mass is 429 g/mol. The first-order chi connectivity index (χ1) is 13.7. The molecule has 1 saturated heterocycles. The lowest BCUT2D eigenvalue weighted by molar-refractivity contribution is -0.169. The summed E-state index contributed by atoms with van der Waals surface area (Å²) in [5.74, 6) is -0.946. The average molecular weight is 430 g/mol. The molecular formula is C18H19ClF3N5O2. The summed E-state index contributed by atoms with van der Waals surface area (Å²) in [5.41, 5.74) is 0.728. The van der Waals surface area contributed by atoms with Gasteiger partial charge in [0.25, 0.3) is 5.91 Å². The fourth-order valence-corrected chi connectivity index (χ4v) is 3.23. The minimum absolute atomic E-state index is 0.0662. The number of nitrogens with one attached hydrogen (secondary N) is 2. The van der Waals surface area contributed by atoms with Crippen molar-refractivity contribution >= 4 is 35.0 Å². The van der Waals surface area contributed by atoms with Crippen LogP contribution in [0.5, 0.6) is 5.75 Å². The fourth-order valence-electron chi connectivity index (χ4n) is 3.05. The fraction of sp³-hybridized carbons (Fsp3) is 0.389. The van der Waals surface area contributed by atoms with Gasteiger partial charge in [0.2, 0.25) is 5.95 Å². The van der Waals surface area contributed by atoms with Crippen LogP contribution in [0.1, 0.15) is 16.8 Å². The first kappa shape index (κ1) is 21.0. The van der Waals surface area contributed by atoms with Gasteiger partial charge >= 0.3 is 6.18 Å². The number of hydrogen-bond donors (Lipinski definition) is 2. The average Bonchev–Trinajstić information content (AvgIpc) is 3.20. The van der Waals surface area contributed by atoms with Crippen LogP contribution in [0.15, 0.2) is 24.4 Å². The van der Waals surface area contributed by atoms with Gasteiger partial charge in [-0.15, -0.1) is 0 Å². The number of likely N-dealkylation sites (tertiary alicyclic amines) is 1. The molecule has 1 unspecified atom stereocenters. The molecule has 29 heavy (non-hydrogen) atoms. The second-order valence-corrected chi connectivity index (χ2v) is 6.87. The van der Waals surface area contributed by atoms with Gasteiger partial charge < -0.3 is 20.3 Å². The number of rotatable bonds is 5. The van der Waals surface area contributed by atoms with Gasteiger partial charge in [-0.05, 0) is 24.6 Å². The summed E-state index contributed by atoms with van der Waals surface area (Å²) in [6, 6.07) is 4.57. The topological polar surface area (TPSA) is 79.4 Å². The zero-order chi connectivity index (χ0) is 21.2. The normalized spacial score (nSPS) is 16.6. The molecule has 1 atom stereocenters. The van der Waals surface area contributed by atoms with Crippen molar-refractivity contribution in [3.05, 3.63) is 35.0 Å². The molecule has 156 valence electrons. The number of ether oxygens (including phenoxy) is 1. The number of alkyl halides is 3. The van der Waals surface area contributed by atoms with Gasteiger partial charge in [-0.25, -0.2) is 4.98 Å². The molecule has 2 aromatic rings. The first-order valence-corrected chi connectivity index (χ1v) is 9.12. The van der Waals surface area contributed by atoms with E-state index in [1.807, 2.05) is 0 Å². The van der Waals surface area contributed by atoms with Crippen molar-refractivity contribution in [3.8, 4) is 5.75 Å². The van der Waals surface area contributed by atoms with E-state index in [1.165, 1.54) is 30.3 Å². The van der Waals surface area contributed by atoms with E-state index in [0.717, 1.165) is 0 Å². The number of nitrogens with zero attached hydrogens (tertiary/aromatic N) is 3. The third-order valence-corrected chi connectivity index (χ3v) is 4.89. The van der Waals surface area contributed by atoms with Gasteiger partial charge in [0, 0.05) is 25.7 Å². The molecule has 2 N–H and O–H groups in total. The largest absolute Gasteiger partial charge is 0.495 e. The van der Waals surface area contributed by atoms with Crippen LogP contribution < -0.4 is 15.4 Å². The van der Waals surface area contributed by atoms with Crippen molar-refractivity contribution in [1.82, 2.24) is 14.9 Å². The SMILES string of the molecule is CNc1nc(Nc2ccc(C(=O)N3CCC(C(F)(F)F)C3)cc2OC)ncc1Cl. The molecule has 1 aromatic heterocycles. The van der Waals surface area contributed by atoms with Crippen molar-refractivity contribution in [1.29, 1.82) is 0 Å². The molecule has 1 fully saturated rings. The second-order valence-electron chi connectivity index (χ2n) is 6.46. The summed E-state index contributed by atoms with van der Waals surface area (Å²) in [5, 5.41) is 6.16. The Bertz CT molecular complexity index is 910. The number of carbonyl (C=O) groups excluding carboxylic acids is 1. The maximum atomic E-state index is 12.9. The molecule has 3 rings (SSSR count). The van der Waals surface area contributed by atoms with Crippen molar-refractivity contribution in [2.45, 2.75) is 12.6 Å². The maximum Gasteiger partial charge on any atom is 0.393 e. The summed E-state index contributed by atoms with van der Waals surface area (Å²) in [6.45, 7) is -0.271. The van der Waals surface area contributed by atoms with Crippen LogP contribution in [0.4, 0.5) is 30.6 Å². The van der Waals surface area contributed by atoms with Crippen molar-refractivity contribution in [3.63, 3.8) is 0 Å². The molecule has 0 saturated carbocycles. The number of methoxy groups -OCH3 is 1. The highest BCUT2D eigenvalue weighted by Gasteiger charge is 2.44. The van der Waals surface area contributed by atoms with Crippen LogP contribution in [0.25, 0.3) is 0 Å². The highest BCUT2D eigenvalue weighted by molar-refractivity contribution is 6.32. The Labute approximate surface area is 170 Å². The van der Waals surface area contributed by atoms with E-state index in [1.54, 1.807) is 13.1 Å². The third-order valence-electron chi connectivity index (χ3n) is 4.61. The van der Waals surface area contributed by atoms with Crippen molar-refractivity contribution in [2.75, 3.05) is 37.9 Å². The lowest BCUT2D eigenvalue weighted by Crippen LogP contribution is -2.32. The Balaban J connectivity index is 1.78. The zero-order valence-corrected chi connectivity index (χ0v) is 16.4. The van der Waals surface area contributed by atoms with Crippen LogP contribution in [-0.4, -0.2) is 54.2 Å². The number of hydrogen-bond acceptors (Lipinski definition) is 6. The Morgan fingerprint density at radius 2 is 2.14 bits per heavy atom. The molecule has 11 heteroatoms. The van der Waals surface area contributed by atoms with E-state index in [0.29, 0.717) is 22.3 Å². The van der Waals surface area contributed by atoms with Crippen molar-refractivity contribution in [2.24, 2.45) is 5.92 Å². The summed E-state index contributed by atoms with van der Waals surface area (Å²) >= 11 is 5.96. The van der Waals surface area contributed by atoms with E-state index in [2.05, 4.69) is 20.6 Å². The number of carbonyl (C=O) groups is 1. The molecular weight excluding hydrogens is 411 g/mol. The minimum Gasteiger partial charge on any atom is -0.495 e. The van der Waals surface area contributed by atoms with E-state index >= 15 is 0 Å². The van der Waals surface area contributed by atoms with E-state index in [9.17, 15) is 18.0 Å². The molecule has 0 aliphatic carbocycles. The Morgan fingerprint density at radius 1 is 1.38 bits per heavy atom. The molecule has 7 nitrogen and oxygen atoms in total. The number of aromatic nitrogens is 2. The standard InChI is InChI=1S/C18H19ClF3N5O2/c1-23-15-12(19)8-24-17(26-15)25-13-4-3-10(7-14(13)29-2)16(28)27-6-5-11(9-27)18(20,21)22/h3-4,7-8,11H,5-6,9H2,1-2H3,(H2,23,24,25,26). The number of halogens is 4. The second kappa shape index (κ2) is 8.32. The number of amides is 1. The molecule has 0 bridgehead atoms. The highest BCUT2D eigenvalue weighted by Crippen LogP contribution is 2.35. The third kappa shape index (κ3) is 4.64. The van der Waals surface area contributed by atoms with Gasteiger partial charge in [0.05, 0.1) is 24.9 Å². The van der Waals surface area contributed by atoms with E-state index < -0.39 is 18.0 Å². The van der Waals surface area contributed by atoms with Gasteiger partial charge in [-0.1, -0.05) is 11.6 Å². The van der Waals surface area contributed by atoms with Gasteiger partial charge in [0.1, 0.15) is 16.6 Å². The maximum absolute atomic E-state index is 12.9. The van der Waals surface area contributed by atoms with Crippen LogP contribution in [0.3, 0.4) is 0 Å². The lowest BCUT2D eigenvalue weighted by Gasteiger charge is -2.19. The van der Waals surface area contributed by atoms with E-state index in [-0.39, 0.29) is 31.0 Å². The zero-order valence-electron chi connectivity index (χ0n) is 15.7. The Morgan fingerprint density at radius 3 is 2.76 bits per heavy atom. The minimum atomic E-state index is -4.30. The lowest BCUT2D eigenvalue weighted by atomic mass is 10.1. The summed E-state index contributed by atoms with van der Waals surface area (Å²) < 4.78 is 43.9. The first-order valence-electron chi connectivity index (χ1n) is 8.74. The molecule has 1 aliphatic rings. The Hall–Kier alpha value is -2.75. The quantitative estimate of drug-likeness (QED) is 0.749. The highest BCUT2D eigenvalue weighted by atomic mass is 35.5. The van der Waals surface area contributed by atoms with Crippen molar-refractivity contribution < 1.29 is 22.7 Å². The summed E-state index contributed by atoms with van der Waals surface area (Å²) in [6.07, 6.45) is -2.96. The van der Waals surface area contributed by atoms with Gasteiger partial charge in [-0.3, -0.25) is 4.79 Å². The summed E-state index contributed by atoms with van der Waals surface area (Å²) in [4.78, 5) is 22.1. The predicted octanol–water partition coefficient (Wildman–Crippen LogP) is 3.95. The smallest absolute Gasteiger partial charge is 0.393 e. The summed E-state index contributed by atoms with van der Waals surface area (Å²) in [7, 11) is 3.09. The molecule has 1 aromatic carbocycles. The predicted molar refractivity (Wildman–Crippen MR) is 103 cm³/mol. The Kier molecular flexibility index (Phi) is 6.02. The molecule has 2 heterocycles. The van der Waals surface area contributed by atoms with E-state index in [4.69, 9.17) is 16.3 Å². The van der Waals surface area contributed by atoms with Gasteiger partial charge in [0.15, 0.2) is 0 Å². The number of anilines is 3. The van der Waals surface area contributed by atoms with Crippen LogP contribution in [0, 0.1) is 5.92 Å². The number of benzene rings is 1. The molecule has 1 amide bonds. The molecule has 1 aliphatic heterocycles. The van der Waals surface area contributed by atoms with Crippen LogP contribution in [0.2, 0.25) is 5.02 Å². The van der Waals surface area contributed by atoms with Gasteiger partial charge in [-0.2, -0.15) is 18.2 Å².